The van der Waals surface area contributed by atoms with E-state index in [2.05, 4.69) is 111 Å². The second kappa shape index (κ2) is 79.9. The number of allylic oxidation sites excluding steroid dienone is 16. The van der Waals surface area contributed by atoms with Crippen molar-refractivity contribution in [2.45, 2.75) is 411 Å². The number of unbranched alkanes of at least 4 members (excludes halogenated alkanes) is 48. The molecule has 99 heavy (non-hydrogen) atoms. The molecule has 0 aliphatic heterocycles. The lowest BCUT2D eigenvalue weighted by Gasteiger charge is -2.25. The summed E-state index contributed by atoms with van der Waals surface area (Å²) in [7, 11) is 5.99. The van der Waals surface area contributed by atoms with Crippen molar-refractivity contribution in [3.05, 3.63) is 97.2 Å². The van der Waals surface area contributed by atoms with Crippen molar-refractivity contribution in [2.75, 3.05) is 47.5 Å². The van der Waals surface area contributed by atoms with Gasteiger partial charge in [-0.3, -0.25) is 9.59 Å². The molecule has 9 nitrogen and oxygen atoms in total. The number of hydrogen-bond acceptors (Lipinski definition) is 7. The standard InChI is InChI=1S/C90H161NO8/c1-6-8-10-12-14-16-18-20-22-24-26-28-30-32-34-36-38-40-42-44-46-48-50-52-54-56-58-60-62-64-66-68-70-72-74-76-78-80-87(92)97-84-86(85-98-90(89(94)95)96-83-82-91(3,4)5)99-88(93)81-79-77-75-73-71-69-67-65-63-61-59-57-55-53-51-49-47-45-43-41-39-37-35-33-31-29-27-25-23-21-19-17-15-13-11-9-7-2/h9,11,15,17,21,23,27,29,33,35,39,41,45,47,51,53,86,90H,6-8,10,12-14,16,18-20,22,24-26,28,30-32,34,36-38,40,42-44,46,48-50,52,54-85H2,1-5H3/p+1/b11-9-,17-15-,23-21-,29-27-,35-33-,41-39-,47-45-,53-51-. The highest BCUT2D eigenvalue weighted by Gasteiger charge is 2.25. The molecule has 0 saturated heterocycles. The van der Waals surface area contributed by atoms with E-state index in [1.165, 1.54) is 276 Å². The van der Waals surface area contributed by atoms with Gasteiger partial charge in [0.15, 0.2) is 6.10 Å². The van der Waals surface area contributed by atoms with Crippen LogP contribution in [0.2, 0.25) is 0 Å². The van der Waals surface area contributed by atoms with E-state index in [1.54, 1.807) is 0 Å². The Labute approximate surface area is 613 Å². The summed E-state index contributed by atoms with van der Waals surface area (Å²) in [6, 6.07) is 0. The number of carbonyl (C=O) groups is 3. The van der Waals surface area contributed by atoms with Crippen LogP contribution < -0.4 is 0 Å². The summed E-state index contributed by atoms with van der Waals surface area (Å²) in [6.45, 7) is 4.82. The van der Waals surface area contributed by atoms with E-state index in [0.717, 1.165) is 96.3 Å². The van der Waals surface area contributed by atoms with Crippen LogP contribution in [0.4, 0.5) is 0 Å². The Kier molecular flexibility index (Phi) is 76.8. The number of rotatable bonds is 79. The smallest absolute Gasteiger partial charge is 0.361 e. The normalized spacial score (nSPS) is 13.1. The van der Waals surface area contributed by atoms with Gasteiger partial charge in [-0.1, -0.05) is 406 Å². The summed E-state index contributed by atoms with van der Waals surface area (Å²) >= 11 is 0. The van der Waals surface area contributed by atoms with Crippen molar-refractivity contribution in [3.63, 3.8) is 0 Å². The molecule has 574 valence electrons. The predicted molar refractivity (Wildman–Crippen MR) is 429 cm³/mol. The molecule has 0 aliphatic rings. The highest BCUT2D eigenvalue weighted by atomic mass is 16.7. The minimum Gasteiger partial charge on any atom is -0.477 e. The van der Waals surface area contributed by atoms with Gasteiger partial charge in [-0.25, -0.2) is 4.79 Å². The third kappa shape index (κ3) is 81.4. The minimum atomic E-state index is -1.52. The molecule has 0 aromatic rings. The summed E-state index contributed by atoms with van der Waals surface area (Å²) in [4.78, 5) is 37.8. The first-order valence-electron chi connectivity index (χ1n) is 42.4. The number of ether oxygens (including phenoxy) is 4. The van der Waals surface area contributed by atoms with Crippen molar-refractivity contribution >= 4 is 17.9 Å². The molecular formula is C90H162NO8+. The molecule has 0 aliphatic carbocycles. The van der Waals surface area contributed by atoms with Gasteiger partial charge in [0, 0.05) is 12.8 Å². The van der Waals surface area contributed by atoms with E-state index in [0.29, 0.717) is 17.4 Å². The van der Waals surface area contributed by atoms with E-state index < -0.39 is 24.3 Å². The van der Waals surface area contributed by atoms with Crippen LogP contribution in [0.15, 0.2) is 97.2 Å². The van der Waals surface area contributed by atoms with Crippen LogP contribution in [-0.2, 0) is 33.3 Å². The summed E-state index contributed by atoms with van der Waals surface area (Å²) in [6.07, 6.45) is 109. The molecule has 9 heteroatoms. The molecule has 2 unspecified atom stereocenters. The molecule has 0 aromatic heterocycles. The number of quaternary nitrogens is 1. The average Bonchev–Trinajstić information content (AvgIpc) is 2.19. The van der Waals surface area contributed by atoms with Gasteiger partial charge in [0.05, 0.1) is 34.4 Å². The second-order valence-electron chi connectivity index (χ2n) is 29.8. The maximum absolute atomic E-state index is 13.0. The number of carbonyl (C=O) groups excluding carboxylic acids is 2. The molecule has 0 amide bonds. The lowest BCUT2D eigenvalue weighted by molar-refractivity contribution is -0.870. The first-order valence-corrected chi connectivity index (χ1v) is 42.4. The van der Waals surface area contributed by atoms with Crippen LogP contribution >= 0.6 is 0 Å². The van der Waals surface area contributed by atoms with E-state index in [9.17, 15) is 19.5 Å². The second-order valence-corrected chi connectivity index (χ2v) is 29.8. The molecule has 0 heterocycles. The third-order valence-electron chi connectivity index (χ3n) is 18.9. The number of likely N-dealkylation sites (N-methyl/N-ethyl adjacent to an activating group) is 1. The minimum absolute atomic E-state index is 0.182. The Balaban J connectivity index is 3.99. The Morgan fingerprint density at radius 1 is 0.313 bits per heavy atom. The summed E-state index contributed by atoms with van der Waals surface area (Å²) in [5, 5.41) is 9.78. The zero-order chi connectivity index (χ0) is 71.8. The van der Waals surface area contributed by atoms with E-state index >= 15 is 0 Å². The Morgan fingerprint density at radius 2 is 0.576 bits per heavy atom. The quantitative estimate of drug-likeness (QED) is 0.0211. The summed E-state index contributed by atoms with van der Waals surface area (Å²) in [5.41, 5.74) is 0. The maximum atomic E-state index is 13.0. The lowest BCUT2D eigenvalue weighted by Crippen LogP contribution is -2.40. The first-order chi connectivity index (χ1) is 48.6. The van der Waals surface area contributed by atoms with E-state index in [1.807, 2.05) is 21.1 Å². The number of carboxylic acids is 1. The molecule has 0 rings (SSSR count). The van der Waals surface area contributed by atoms with Crippen LogP contribution in [0.1, 0.15) is 399 Å². The SMILES string of the molecule is CC/C=C\C/C=C\C/C=C\C/C=C\C/C=C\C/C=C\C/C=C\C/C=C\CCCCCCCCCCCCCCC(=O)OC(COC(=O)CCCCCCCCCCCCCCCCCCCCCCCCCCCCCCCCCCCCCCC)COC(OCC[N+](C)(C)C)C(=O)O. The van der Waals surface area contributed by atoms with E-state index in [4.69, 9.17) is 18.9 Å². The fourth-order valence-electron chi connectivity index (χ4n) is 12.4. The first kappa shape index (κ1) is 95.2. The summed E-state index contributed by atoms with van der Waals surface area (Å²) in [5.74, 6) is -1.99. The van der Waals surface area contributed by atoms with Crippen LogP contribution in [0, 0.1) is 0 Å². The van der Waals surface area contributed by atoms with Gasteiger partial charge in [0.2, 0.25) is 0 Å². The number of aliphatic carboxylic acids is 1. The largest absolute Gasteiger partial charge is 0.477 e. The molecule has 2 atom stereocenters. The monoisotopic (exact) mass is 1390 g/mol. The van der Waals surface area contributed by atoms with Gasteiger partial charge >= 0.3 is 17.9 Å². The van der Waals surface area contributed by atoms with Crippen molar-refractivity contribution < 1.29 is 42.9 Å². The average molecular weight is 1390 g/mol. The van der Waals surface area contributed by atoms with Gasteiger partial charge in [0.1, 0.15) is 13.2 Å². The Hall–Kier alpha value is -3.79. The third-order valence-corrected chi connectivity index (χ3v) is 18.9. The molecule has 0 fully saturated rings. The maximum Gasteiger partial charge on any atom is 0.361 e. The van der Waals surface area contributed by atoms with Gasteiger partial charge < -0.3 is 28.5 Å². The Bertz CT molecular complexity index is 1960. The van der Waals surface area contributed by atoms with Gasteiger partial charge in [0.25, 0.3) is 6.29 Å². The number of nitrogens with zero attached hydrogens (tertiary/aromatic N) is 1. The number of carboxylic acid groups (broad SMARTS) is 1. The molecule has 0 spiro atoms. The van der Waals surface area contributed by atoms with Crippen molar-refractivity contribution in [2.24, 2.45) is 0 Å². The molecule has 1 N–H and O–H groups in total. The fraction of sp³-hybridized carbons (Fsp3) is 0.789. The van der Waals surface area contributed by atoms with Gasteiger partial charge in [-0.05, 0) is 77.0 Å². The highest BCUT2D eigenvalue weighted by molar-refractivity contribution is 5.71. The lowest BCUT2D eigenvalue weighted by atomic mass is 10.0. The highest BCUT2D eigenvalue weighted by Crippen LogP contribution is 2.20. The zero-order valence-corrected chi connectivity index (χ0v) is 65.9. The molecule has 0 aromatic carbocycles. The molecule has 0 saturated carbocycles. The Morgan fingerprint density at radius 3 is 0.859 bits per heavy atom. The number of hydrogen-bond donors (Lipinski definition) is 1. The zero-order valence-electron chi connectivity index (χ0n) is 65.9. The molecule has 0 radical (unpaired) electrons. The van der Waals surface area contributed by atoms with Crippen LogP contribution in [0.5, 0.6) is 0 Å². The van der Waals surface area contributed by atoms with Gasteiger partial charge in [-0.15, -0.1) is 0 Å². The van der Waals surface area contributed by atoms with Crippen molar-refractivity contribution in [1.82, 2.24) is 0 Å². The fourth-order valence-corrected chi connectivity index (χ4v) is 12.4. The molecule has 0 bridgehead atoms. The molecular weight excluding hydrogens is 1220 g/mol. The topological polar surface area (TPSA) is 108 Å². The van der Waals surface area contributed by atoms with Crippen molar-refractivity contribution in [3.8, 4) is 0 Å². The van der Waals surface area contributed by atoms with Crippen LogP contribution in [0.3, 0.4) is 0 Å². The van der Waals surface area contributed by atoms with Crippen molar-refractivity contribution in [1.29, 1.82) is 0 Å². The van der Waals surface area contributed by atoms with E-state index in [-0.39, 0.29) is 32.2 Å². The number of esters is 2. The van der Waals surface area contributed by atoms with Crippen LogP contribution in [-0.4, -0.2) is 87.4 Å². The predicted octanol–water partition coefficient (Wildman–Crippen LogP) is 27.5. The van der Waals surface area contributed by atoms with Crippen LogP contribution in [0.25, 0.3) is 0 Å². The van der Waals surface area contributed by atoms with Gasteiger partial charge in [-0.2, -0.15) is 0 Å². The summed E-state index contributed by atoms with van der Waals surface area (Å²) < 4.78 is 23.1.